The lowest BCUT2D eigenvalue weighted by Gasteiger charge is -2.27. The van der Waals surface area contributed by atoms with Crippen LogP contribution in [0.15, 0.2) is 40.8 Å². The summed E-state index contributed by atoms with van der Waals surface area (Å²) in [5, 5.41) is 3.44. The normalized spacial score (nSPS) is 16.9. The van der Waals surface area contributed by atoms with Gasteiger partial charge < -0.3 is 24.1 Å². The number of halogens is 1. The van der Waals surface area contributed by atoms with Crippen molar-refractivity contribution in [1.82, 2.24) is 29.2 Å². The van der Waals surface area contributed by atoms with Crippen molar-refractivity contribution in [2.24, 2.45) is 7.05 Å². The second kappa shape index (κ2) is 12.1. The van der Waals surface area contributed by atoms with E-state index in [1.165, 1.54) is 6.42 Å². The molecule has 11 heteroatoms. The van der Waals surface area contributed by atoms with E-state index in [1.54, 1.807) is 6.07 Å². The summed E-state index contributed by atoms with van der Waals surface area (Å²) in [4.78, 5) is 42.0. The molecule has 0 bridgehead atoms. The first-order valence-corrected chi connectivity index (χ1v) is 16.1. The van der Waals surface area contributed by atoms with Crippen LogP contribution in [-0.2, 0) is 37.9 Å². The van der Waals surface area contributed by atoms with Crippen LogP contribution in [-0.4, -0.2) is 74.3 Å². The van der Waals surface area contributed by atoms with Crippen molar-refractivity contribution in [1.29, 1.82) is 0 Å². The average Bonchev–Trinajstić information content (AvgIpc) is 3.71. The number of hydrogen-bond donors (Lipinski definition) is 1. The van der Waals surface area contributed by atoms with Gasteiger partial charge in [-0.05, 0) is 63.2 Å². The number of nitrogens with one attached hydrogen (secondary N) is 1. The van der Waals surface area contributed by atoms with Crippen LogP contribution in [0, 0.1) is 6.92 Å². The minimum atomic E-state index is -0.295. The molecule has 1 saturated heterocycles. The van der Waals surface area contributed by atoms with Crippen molar-refractivity contribution < 1.29 is 14.0 Å². The number of piperidine rings is 1. The molecule has 10 nitrogen and oxygen atoms in total. The maximum atomic E-state index is 13.4. The topological polar surface area (TPSA) is 99.7 Å². The predicted molar refractivity (Wildman–Crippen MR) is 173 cm³/mol. The van der Waals surface area contributed by atoms with Gasteiger partial charge in [0.2, 0.25) is 11.8 Å². The number of benzene rings is 2. The van der Waals surface area contributed by atoms with E-state index >= 15 is 0 Å². The van der Waals surface area contributed by atoms with Crippen LogP contribution in [0.3, 0.4) is 0 Å². The molecular formula is C34H38ClN7O3. The Hall–Kier alpha value is -3.99. The number of imidazole rings is 1. The number of nitrogens with zero attached hydrogens (tertiary/aromatic N) is 6. The molecule has 1 fully saturated rings. The quantitative estimate of drug-likeness (QED) is 0.311. The first-order chi connectivity index (χ1) is 21.8. The Bertz CT molecular complexity index is 1760. The molecule has 0 spiro atoms. The molecule has 3 aliphatic rings. The van der Waals surface area contributed by atoms with Gasteiger partial charge >= 0.3 is 0 Å². The van der Waals surface area contributed by atoms with E-state index in [2.05, 4.69) is 27.1 Å². The molecule has 4 aromatic rings. The van der Waals surface area contributed by atoms with Crippen LogP contribution in [0.4, 0.5) is 5.69 Å². The molecule has 0 aliphatic carbocycles. The standard InChI is InChI=1S/C34H38ClN7O3/c1-21-22(24-11-8-12-25(31(24)35)37-33(44)32-36-26-17-39(2)16-13-28(26)40(32)3)9-7-10-23(21)34-38-27-18-42(19-29(27)45-34)30(43)20-41-14-5-4-6-15-41/h7-12H,4-6,13-20H2,1-3H3,(H,37,44). The van der Waals surface area contributed by atoms with Crippen molar-refractivity contribution in [3.8, 4) is 22.6 Å². The van der Waals surface area contributed by atoms with Crippen LogP contribution < -0.4 is 5.32 Å². The molecule has 0 unspecified atom stereocenters. The number of amides is 2. The lowest BCUT2D eigenvalue weighted by molar-refractivity contribution is -0.133. The minimum Gasteiger partial charge on any atom is -0.439 e. The maximum Gasteiger partial charge on any atom is 0.291 e. The molecule has 2 aromatic heterocycles. The molecule has 2 amide bonds. The number of hydrogen-bond acceptors (Lipinski definition) is 7. The summed E-state index contributed by atoms with van der Waals surface area (Å²) in [6.45, 7) is 7.03. The summed E-state index contributed by atoms with van der Waals surface area (Å²) >= 11 is 6.95. The molecular weight excluding hydrogens is 590 g/mol. The summed E-state index contributed by atoms with van der Waals surface area (Å²) in [6.07, 6.45) is 4.42. The molecule has 0 atom stereocenters. The molecule has 3 aliphatic heterocycles. The van der Waals surface area contributed by atoms with Gasteiger partial charge in [0.1, 0.15) is 11.5 Å². The minimum absolute atomic E-state index is 0.126. The Morgan fingerprint density at radius 3 is 2.47 bits per heavy atom. The van der Waals surface area contributed by atoms with Gasteiger partial charge in [0.25, 0.3) is 5.91 Å². The van der Waals surface area contributed by atoms with Crippen molar-refractivity contribution in [2.45, 2.75) is 52.2 Å². The van der Waals surface area contributed by atoms with E-state index in [0.29, 0.717) is 42.1 Å². The smallest absolute Gasteiger partial charge is 0.291 e. The SMILES string of the molecule is Cc1c(-c2nc3c(o2)CN(C(=O)CN2CCCCC2)C3)cccc1-c1cccc(NC(=O)c2nc3c(n2C)CCN(C)C3)c1Cl. The van der Waals surface area contributed by atoms with E-state index < -0.39 is 0 Å². The van der Waals surface area contributed by atoms with Gasteiger partial charge in [0.05, 0.1) is 36.0 Å². The Morgan fingerprint density at radius 2 is 1.67 bits per heavy atom. The van der Waals surface area contributed by atoms with Crippen LogP contribution in [0.5, 0.6) is 0 Å². The third-order valence-corrected chi connectivity index (χ3v) is 9.77. The van der Waals surface area contributed by atoms with Gasteiger partial charge in [0, 0.05) is 43.4 Å². The molecule has 5 heterocycles. The zero-order chi connectivity index (χ0) is 31.2. The maximum absolute atomic E-state index is 13.4. The fraction of sp³-hybridized carbons (Fsp3) is 0.412. The highest BCUT2D eigenvalue weighted by Gasteiger charge is 2.31. The monoisotopic (exact) mass is 627 g/mol. The van der Waals surface area contributed by atoms with Gasteiger partial charge in [-0.2, -0.15) is 0 Å². The average molecular weight is 628 g/mol. The lowest BCUT2D eigenvalue weighted by atomic mass is 9.96. The number of oxazole rings is 1. The van der Waals surface area contributed by atoms with Crippen molar-refractivity contribution in [3.63, 3.8) is 0 Å². The Morgan fingerprint density at radius 1 is 0.911 bits per heavy atom. The highest BCUT2D eigenvalue weighted by atomic mass is 35.5. The summed E-state index contributed by atoms with van der Waals surface area (Å²) < 4.78 is 8.13. The molecule has 234 valence electrons. The van der Waals surface area contributed by atoms with Gasteiger partial charge in [0.15, 0.2) is 5.82 Å². The van der Waals surface area contributed by atoms with Gasteiger partial charge in [-0.1, -0.05) is 42.3 Å². The number of likely N-dealkylation sites (N-methyl/N-ethyl adjacent to an activating group) is 1. The fourth-order valence-corrected chi connectivity index (χ4v) is 7.05. The lowest BCUT2D eigenvalue weighted by Crippen LogP contribution is -2.40. The summed E-state index contributed by atoms with van der Waals surface area (Å²) in [7, 11) is 3.95. The van der Waals surface area contributed by atoms with Gasteiger partial charge in [-0.15, -0.1) is 0 Å². The second-order valence-corrected chi connectivity index (χ2v) is 12.8. The van der Waals surface area contributed by atoms with E-state index in [1.807, 2.05) is 53.8 Å². The largest absolute Gasteiger partial charge is 0.439 e. The molecule has 0 saturated carbocycles. The number of rotatable bonds is 6. The number of anilines is 1. The highest BCUT2D eigenvalue weighted by molar-refractivity contribution is 6.36. The number of aromatic nitrogens is 3. The number of fused-ring (bicyclic) bond motifs is 2. The Kier molecular flexibility index (Phi) is 7.97. The molecule has 0 radical (unpaired) electrons. The Balaban J connectivity index is 1.09. The Labute approximate surface area is 268 Å². The second-order valence-electron chi connectivity index (χ2n) is 12.5. The predicted octanol–water partition coefficient (Wildman–Crippen LogP) is 5.27. The molecule has 7 rings (SSSR count). The summed E-state index contributed by atoms with van der Waals surface area (Å²) in [5.74, 6) is 1.48. The van der Waals surface area contributed by atoms with E-state index in [9.17, 15) is 9.59 Å². The van der Waals surface area contributed by atoms with Gasteiger partial charge in [-0.25, -0.2) is 9.97 Å². The van der Waals surface area contributed by atoms with Crippen LogP contribution in [0.2, 0.25) is 5.02 Å². The zero-order valence-corrected chi connectivity index (χ0v) is 26.8. The van der Waals surface area contributed by atoms with Gasteiger partial charge in [-0.3, -0.25) is 14.5 Å². The van der Waals surface area contributed by atoms with Crippen molar-refractivity contribution in [2.75, 3.05) is 38.5 Å². The van der Waals surface area contributed by atoms with Crippen LogP contribution >= 0.6 is 11.6 Å². The summed E-state index contributed by atoms with van der Waals surface area (Å²) in [5.41, 5.74) is 6.91. The third kappa shape index (κ3) is 5.67. The first kappa shape index (κ1) is 29.7. The molecule has 2 aromatic carbocycles. The third-order valence-electron chi connectivity index (χ3n) is 9.36. The van der Waals surface area contributed by atoms with Crippen LogP contribution in [0.1, 0.15) is 58.3 Å². The van der Waals surface area contributed by atoms with Crippen LogP contribution in [0.25, 0.3) is 22.6 Å². The van der Waals surface area contributed by atoms with Crippen molar-refractivity contribution in [3.05, 3.63) is 75.7 Å². The molecule has 45 heavy (non-hydrogen) atoms. The van der Waals surface area contributed by atoms with E-state index in [0.717, 1.165) is 90.5 Å². The highest BCUT2D eigenvalue weighted by Crippen LogP contribution is 2.39. The molecule has 1 N–H and O–H groups in total. The fourth-order valence-electron chi connectivity index (χ4n) is 6.78. The first-order valence-electron chi connectivity index (χ1n) is 15.7. The zero-order valence-electron chi connectivity index (χ0n) is 26.0. The number of carbonyl (C=O) groups excluding carboxylic acids is 2. The number of carbonyl (C=O) groups is 2. The summed E-state index contributed by atoms with van der Waals surface area (Å²) in [6, 6.07) is 11.6. The number of likely N-dealkylation sites (tertiary alicyclic amines) is 1. The van der Waals surface area contributed by atoms with E-state index in [4.69, 9.17) is 21.0 Å². The van der Waals surface area contributed by atoms with Crippen molar-refractivity contribution >= 4 is 29.1 Å². The van der Waals surface area contributed by atoms with E-state index in [-0.39, 0.29) is 11.8 Å².